The van der Waals surface area contributed by atoms with Crippen LogP contribution in [0.3, 0.4) is 0 Å². The average molecular weight is 614 g/mol. The Morgan fingerprint density at radius 1 is 0.738 bits per heavy atom. The highest BCUT2D eigenvalue weighted by Crippen LogP contribution is 2.43. The maximum absolute atomic E-state index is 12.4. The molecule has 0 bridgehead atoms. The van der Waals surface area contributed by atoms with E-state index in [0.29, 0.717) is 13.0 Å². The van der Waals surface area contributed by atoms with E-state index in [2.05, 4.69) is 50.3 Å². The largest absolute Gasteiger partial charge is 0.472 e. The van der Waals surface area contributed by atoms with Crippen molar-refractivity contribution in [2.75, 3.05) is 33.0 Å². The van der Waals surface area contributed by atoms with Crippen LogP contribution in [0.4, 0.5) is 0 Å². The highest BCUT2D eigenvalue weighted by molar-refractivity contribution is 7.47. The SMILES string of the molecule is CC/C=C\C/C=C\C/C=C\C/C=C\CCC(=O)OC(COCCCCCCCCCCCC)COP(=O)(O)OCCN. The van der Waals surface area contributed by atoms with E-state index in [0.717, 1.165) is 38.5 Å². The van der Waals surface area contributed by atoms with Crippen LogP contribution in [0.15, 0.2) is 48.6 Å². The number of phosphoric acid groups is 1. The summed E-state index contributed by atoms with van der Waals surface area (Å²) in [6, 6.07) is 0. The molecule has 0 aromatic carbocycles. The lowest BCUT2D eigenvalue weighted by molar-refractivity contribution is -0.154. The number of rotatable bonds is 30. The topological polar surface area (TPSA) is 117 Å². The number of hydrogen-bond acceptors (Lipinski definition) is 7. The van der Waals surface area contributed by atoms with Crippen LogP contribution in [0.1, 0.15) is 117 Å². The second-order valence-electron chi connectivity index (χ2n) is 10.3. The van der Waals surface area contributed by atoms with Crippen LogP contribution in [0.2, 0.25) is 0 Å². The zero-order chi connectivity index (χ0) is 31.0. The Kier molecular flexibility index (Phi) is 29.8. The van der Waals surface area contributed by atoms with E-state index in [1.807, 2.05) is 12.2 Å². The number of unbranched alkanes of at least 4 members (excludes halogenated alkanes) is 9. The van der Waals surface area contributed by atoms with E-state index in [1.54, 1.807) is 0 Å². The molecule has 0 aromatic rings. The van der Waals surface area contributed by atoms with Crippen LogP contribution in [0.5, 0.6) is 0 Å². The zero-order valence-electron chi connectivity index (χ0n) is 26.5. The van der Waals surface area contributed by atoms with Gasteiger partial charge in [-0.1, -0.05) is 120 Å². The van der Waals surface area contributed by atoms with Crippen molar-refractivity contribution in [2.45, 2.75) is 123 Å². The molecule has 2 atom stereocenters. The molecule has 2 unspecified atom stereocenters. The van der Waals surface area contributed by atoms with Gasteiger partial charge in [0.05, 0.1) is 19.8 Å². The summed E-state index contributed by atoms with van der Waals surface area (Å²) < 4.78 is 33.0. The summed E-state index contributed by atoms with van der Waals surface area (Å²) >= 11 is 0. The molecule has 0 heterocycles. The molecule has 8 nitrogen and oxygen atoms in total. The van der Waals surface area contributed by atoms with Crippen molar-refractivity contribution in [3.63, 3.8) is 0 Å². The van der Waals surface area contributed by atoms with Gasteiger partial charge in [0, 0.05) is 19.6 Å². The lowest BCUT2D eigenvalue weighted by Gasteiger charge is -2.20. The third-order valence-corrected chi connectivity index (χ3v) is 7.26. The number of esters is 1. The molecule has 3 N–H and O–H groups in total. The molecule has 0 saturated heterocycles. The Labute approximate surface area is 256 Å². The quantitative estimate of drug-likeness (QED) is 0.0358. The molecule has 0 aromatic heterocycles. The van der Waals surface area contributed by atoms with Crippen LogP contribution in [0, 0.1) is 0 Å². The van der Waals surface area contributed by atoms with Gasteiger partial charge >= 0.3 is 13.8 Å². The molecule has 0 spiro atoms. The van der Waals surface area contributed by atoms with Gasteiger partial charge < -0.3 is 20.1 Å². The number of nitrogens with two attached hydrogens (primary N) is 1. The summed E-state index contributed by atoms with van der Waals surface area (Å²) in [7, 11) is -4.28. The smallest absolute Gasteiger partial charge is 0.457 e. The van der Waals surface area contributed by atoms with Crippen molar-refractivity contribution in [2.24, 2.45) is 5.73 Å². The van der Waals surface area contributed by atoms with E-state index < -0.39 is 19.9 Å². The first-order valence-electron chi connectivity index (χ1n) is 16.1. The molecule has 244 valence electrons. The molecular formula is C33H60NO7P. The second-order valence-corrected chi connectivity index (χ2v) is 11.7. The summed E-state index contributed by atoms with van der Waals surface area (Å²) in [6.07, 6.45) is 32.8. The van der Waals surface area contributed by atoms with E-state index in [-0.39, 0.29) is 32.8 Å². The van der Waals surface area contributed by atoms with E-state index in [9.17, 15) is 14.3 Å². The van der Waals surface area contributed by atoms with Gasteiger partial charge in [-0.2, -0.15) is 0 Å². The van der Waals surface area contributed by atoms with Gasteiger partial charge in [-0.15, -0.1) is 0 Å². The summed E-state index contributed by atoms with van der Waals surface area (Å²) in [6.45, 7) is 4.66. The van der Waals surface area contributed by atoms with E-state index >= 15 is 0 Å². The first-order chi connectivity index (χ1) is 20.4. The van der Waals surface area contributed by atoms with Crippen LogP contribution in [0.25, 0.3) is 0 Å². The highest BCUT2D eigenvalue weighted by atomic mass is 31.2. The standard InChI is InChI=1S/C33H60NO7P/c1-3-5-7-9-11-13-15-16-17-18-20-22-24-26-33(35)41-32(31-40-42(36,37)39-29-27-34)30-38-28-25-23-21-19-14-12-10-8-6-4-2/h5,7,11,13,16-17,20,22,32H,3-4,6,8-10,12,14-15,18-19,21,23-31,34H2,1-2H3,(H,36,37)/b7-5-,13-11-,17-16-,22-20-. The Balaban J connectivity index is 4.31. The number of hydrogen-bond donors (Lipinski definition) is 2. The molecule has 0 aliphatic rings. The fourth-order valence-electron chi connectivity index (χ4n) is 3.95. The van der Waals surface area contributed by atoms with Crippen molar-refractivity contribution in [1.82, 2.24) is 0 Å². The van der Waals surface area contributed by atoms with E-state index in [1.165, 1.54) is 51.4 Å². The summed E-state index contributed by atoms with van der Waals surface area (Å²) in [5.41, 5.74) is 5.32. The minimum absolute atomic E-state index is 0.0873. The van der Waals surface area contributed by atoms with Gasteiger partial charge in [-0.25, -0.2) is 4.57 Å². The Bertz CT molecular complexity index is 782. The predicted octanol–water partition coefficient (Wildman–Crippen LogP) is 8.51. The van der Waals surface area contributed by atoms with Crippen LogP contribution in [-0.2, 0) is 27.9 Å². The van der Waals surface area contributed by atoms with Crippen molar-refractivity contribution in [1.29, 1.82) is 0 Å². The third-order valence-electron chi connectivity index (χ3n) is 6.27. The summed E-state index contributed by atoms with van der Waals surface area (Å²) in [5.74, 6) is -0.413. The van der Waals surface area contributed by atoms with Gasteiger partial charge in [0.2, 0.25) is 0 Å². The minimum atomic E-state index is -4.28. The number of carbonyl (C=O) groups excluding carboxylic acids is 1. The first kappa shape index (κ1) is 40.5. The molecule has 0 amide bonds. The lowest BCUT2D eigenvalue weighted by Crippen LogP contribution is -2.28. The molecular weight excluding hydrogens is 553 g/mol. The number of phosphoric ester groups is 1. The van der Waals surface area contributed by atoms with Crippen molar-refractivity contribution < 1.29 is 32.8 Å². The summed E-state index contributed by atoms with van der Waals surface area (Å²) in [4.78, 5) is 22.2. The van der Waals surface area contributed by atoms with Crippen LogP contribution in [-0.4, -0.2) is 49.9 Å². The molecule has 0 aliphatic heterocycles. The second kappa shape index (κ2) is 30.9. The number of ether oxygens (including phenoxy) is 2. The zero-order valence-corrected chi connectivity index (χ0v) is 27.4. The summed E-state index contributed by atoms with van der Waals surface area (Å²) in [5, 5.41) is 0. The third kappa shape index (κ3) is 29.9. The van der Waals surface area contributed by atoms with Crippen LogP contribution >= 0.6 is 7.82 Å². The Hall–Kier alpha value is -1.54. The van der Waals surface area contributed by atoms with E-state index in [4.69, 9.17) is 24.3 Å². The fraction of sp³-hybridized carbons (Fsp3) is 0.727. The van der Waals surface area contributed by atoms with Gasteiger partial charge in [-0.3, -0.25) is 13.8 Å². The van der Waals surface area contributed by atoms with Gasteiger partial charge in [0.1, 0.15) is 6.10 Å². The average Bonchev–Trinajstić information content (AvgIpc) is 2.97. The molecule has 0 fully saturated rings. The van der Waals surface area contributed by atoms with Crippen molar-refractivity contribution in [3.8, 4) is 0 Å². The predicted molar refractivity (Wildman–Crippen MR) is 173 cm³/mol. The van der Waals surface area contributed by atoms with Gasteiger partial charge in [0.25, 0.3) is 0 Å². The number of allylic oxidation sites excluding steroid dienone is 8. The Morgan fingerprint density at radius 3 is 1.86 bits per heavy atom. The molecule has 0 radical (unpaired) electrons. The van der Waals surface area contributed by atoms with Crippen molar-refractivity contribution in [3.05, 3.63) is 48.6 Å². The van der Waals surface area contributed by atoms with Crippen LogP contribution < -0.4 is 5.73 Å². The minimum Gasteiger partial charge on any atom is -0.457 e. The molecule has 42 heavy (non-hydrogen) atoms. The maximum Gasteiger partial charge on any atom is 0.472 e. The van der Waals surface area contributed by atoms with Gasteiger partial charge in [-0.05, 0) is 38.5 Å². The lowest BCUT2D eigenvalue weighted by atomic mass is 10.1. The van der Waals surface area contributed by atoms with Gasteiger partial charge in [0.15, 0.2) is 0 Å². The first-order valence-corrected chi connectivity index (χ1v) is 17.6. The molecule has 0 aliphatic carbocycles. The normalized spacial score (nSPS) is 14.5. The molecule has 0 saturated carbocycles. The highest BCUT2D eigenvalue weighted by Gasteiger charge is 2.25. The number of carbonyl (C=O) groups is 1. The monoisotopic (exact) mass is 613 g/mol. The van der Waals surface area contributed by atoms with Crippen molar-refractivity contribution >= 4 is 13.8 Å². The molecule has 9 heteroatoms. The Morgan fingerprint density at radius 2 is 1.29 bits per heavy atom. The maximum atomic E-state index is 12.4. The fourth-order valence-corrected chi connectivity index (χ4v) is 4.71. The molecule has 0 rings (SSSR count).